The molecule has 0 saturated heterocycles. The zero-order valence-electron chi connectivity index (χ0n) is 11.8. The summed E-state index contributed by atoms with van der Waals surface area (Å²) in [5.74, 6) is 7.37. The van der Waals surface area contributed by atoms with Gasteiger partial charge in [-0.15, -0.1) is 0 Å². The van der Waals surface area contributed by atoms with Crippen molar-refractivity contribution in [2.75, 3.05) is 16.9 Å². The first-order chi connectivity index (χ1) is 8.62. The van der Waals surface area contributed by atoms with Gasteiger partial charge in [0, 0.05) is 18.8 Å². The van der Waals surface area contributed by atoms with E-state index in [1.165, 1.54) is 0 Å². The predicted molar refractivity (Wildman–Crippen MR) is 76.4 cm³/mol. The molecule has 0 aliphatic heterocycles. The molecule has 0 aliphatic carbocycles. The molecule has 1 aromatic rings. The highest BCUT2D eigenvalue weighted by molar-refractivity contribution is 5.43. The van der Waals surface area contributed by atoms with E-state index >= 15 is 0 Å². The van der Waals surface area contributed by atoms with E-state index < -0.39 is 0 Å². The molecule has 0 bridgehead atoms. The van der Waals surface area contributed by atoms with Gasteiger partial charge in [0.1, 0.15) is 5.82 Å². The molecule has 1 aromatic heterocycles. The largest absolute Gasteiger partial charge is 0.353 e. The maximum atomic E-state index is 5.37. The minimum absolute atomic E-state index is 0.465. The number of hydrogen-bond acceptors (Lipinski definition) is 5. The number of nitrogens with two attached hydrogens (primary N) is 1. The zero-order chi connectivity index (χ0) is 13.5. The molecule has 0 atom stereocenters. The van der Waals surface area contributed by atoms with Crippen molar-refractivity contribution >= 4 is 11.8 Å². The third-order valence-electron chi connectivity index (χ3n) is 3.01. The molecule has 0 aromatic carbocycles. The highest BCUT2D eigenvalue weighted by Crippen LogP contribution is 2.20. The second kappa shape index (κ2) is 7.16. The van der Waals surface area contributed by atoms with Crippen LogP contribution in [0.4, 0.5) is 11.8 Å². The molecule has 0 fully saturated rings. The zero-order valence-corrected chi connectivity index (χ0v) is 11.8. The Morgan fingerprint density at radius 3 is 2.50 bits per heavy atom. The SMILES string of the molecule is CCC(CC)N(CC(C)C)c1ccnc(NN)n1. The van der Waals surface area contributed by atoms with Crippen molar-refractivity contribution in [3.63, 3.8) is 0 Å². The van der Waals surface area contributed by atoms with Gasteiger partial charge in [0.2, 0.25) is 5.95 Å². The molecular formula is C13H25N5. The Morgan fingerprint density at radius 1 is 1.33 bits per heavy atom. The number of nitrogens with one attached hydrogen (secondary N) is 1. The Balaban J connectivity index is 2.99. The molecule has 1 rings (SSSR count). The van der Waals surface area contributed by atoms with Crippen LogP contribution in [0.2, 0.25) is 0 Å². The van der Waals surface area contributed by atoms with Gasteiger partial charge in [-0.1, -0.05) is 27.7 Å². The van der Waals surface area contributed by atoms with Crippen molar-refractivity contribution < 1.29 is 0 Å². The first kappa shape index (κ1) is 14.7. The van der Waals surface area contributed by atoms with Gasteiger partial charge >= 0.3 is 0 Å². The van der Waals surface area contributed by atoms with E-state index in [0.717, 1.165) is 25.2 Å². The molecular weight excluding hydrogens is 226 g/mol. The fourth-order valence-electron chi connectivity index (χ4n) is 2.13. The fraction of sp³-hybridized carbons (Fsp3) is 0.692. The minimum Gasteiger partial charge on any atom is -0.353 e. The molecule has 5 heteroatoms. The Labute approximate surface area is 110 Å². The molecule has 0 radical (unpaired) electrons. The molecule has 1 heterocycles. The van der Waals surface area contributed by atoms with Crippen LogP contribution in [0.25, 0.3) is 0 Å². The topological polar surface area (TPSA) is 67.1 Å². The molecule has 0 amide bonds. The van der Waals surface area contributed by atoms with Crippen molar-refractivity contribution in [3.8, 4) is 0 Å². The Bertz CT molecular complexity index is 349. The first-order valence-electron chi connectivity index (χ1n) is 6.68. The summed E-state index contributed by atoms with van der Waals surface area (Å²) in [7, 11) is 0. The number of nitrogens with zero attached hydrogens (tertiary/aromatic N) is 3. The lowest BCUT2D eigenvalue weighted by atomic mass is 10.1. The van der Waals surface area contributed by atoms with Crippen LogP contribution in [0.5, 0.6) is 0 Å². The average Bonchev–Trinajstić information content (AvgIpc) is 2.38. The van der Waals surface area contributed by atoms with E-state index in [-0.39, 0.29) is 0 Å². The quantitative estimate of drug-likeness (QED) is 0.575. The van der Waals surface area contributed by atoms with Crippen LogP contribution in [-0.2, 0) is 0 Å². The monoisotopic (exact) mass is 251 g/mol. The average molecular weight is 251 g/mol. The standard InChI is InChI=1S/C13H25N5/c1-5-11(6-2)18(9-10(3)4)12-7-8-15-13(16-12)17-14/h7-8,10-11H,5-6,9,14H2,1-4H3,(H,15,16,17). The Kier molecular flexibility index (Phi) is 5.85. The van der Waals surface area contributed by atoms with Crippen molar-refractivity contribution in [1.29, 1.82) is 0 Å². The van der Waals surface area contributed by atoms with Gasteiger partial charge < -0.3 is 4.90 Å². The third kappa shape index (κ3) is 3.84. The van der Waals surface area contributed by atoms with E-state index in [1.807, 2.05) is 6.07 Å². The number of nitrogen functional groups attached to an aromatic ring is 1. The molecule has 0 unspecified atom stereocenters. The number of rotatable bonds is 7. The number of hydrogen-bond donors (Lipinski definition) is 2. The summed E-state index contributed by atoms with van der Waals surface area (Å²) in [6.45, 7) is 9.86. The molecule has 3 N–H and O–H groups in total. The maximum absolute atomic E-state index is 5.37. The summed E-state index contributed by atoms with van der Waals surface area (Å²) in [6, 6.07) is 2.45. The van der Waals surface area contributed by atoms with Crippen LogP contribution in [0.1, 0.15) is 40.5 Å². The van der Waals surface area contributed by atoms with Crippen LogP contribution >= 0.6 is 0 Å². The van der Waals surface area contributed by atoms with Crippen LogP contribution in [0.3, 0.4) is 0 Å². The van der Waals surface area contributed by atoms with Crippen LogP contribution in [0.15, 0.2) is 12.3 Å². The highest BCUT2D eigenvalue weighted by Gasteiger charge is 2.18. The van der Waals surface area contributed by atoms with Crippen LogP contribution in [0, 0.1) is 5.92 Å². The van der Waals surface area contributed by atoms with E-state index in [0.29, 0.717) is 17.9 Å². The normalized spacial score (nSPS) is 11.1. The predicted octanol–water partition coefficient (Wildman–Crippen LogP) is 2.41. The van der Waals surface area contributed by atoms with Gasteiger partial charge in [0.25, 0.3) is 0 Å². The van der Waals surface area contributed by atoms with E-state index in [2.05, 4.69) is 48.0 Å². The van der Waals surface area contributed by atoms with Crippen LogP contribution in [-0.4, -0.2) is 22.6 Å². The van der Waals surface area contributed by atoms with E-state index in [9.17, 15) is 0 Å². The fourth-order valence-corrected chi connectivity index (χ4v) is 2.13. The molecule has 102 valence electrons. The Morgan fingerprint density at radius 2 is 2.00 bits per heavy atom. The molecule has 5 nitrogen and oxygen atoms in total. The lowest BCUT2D eigenvalue weighted by Gasteiger charge is -2.33. The summed E-state index contributed by atoms with van der Waals surface area (Å²) >= 11 is 0. The number of anilines is 2. The minimum atomic E-state index is 0.465. The highest BCUT2D eigenvalue weighted by atomic mass is 15.3. The summed E-state index contributed by atoms with van der Waals surface area (Å²) in [5, 5.41) is 0. The van der Waals surface area contributed by atoms with Gasteiger partial charge in [-0.25, -0.2) is 10.8 Å². The summed E-state index contributed by atoms with van der Waals surface area (Å²) in [5.41, 5.74) is 2.50. The number of aromatic nitrogens is 2. The molecule has 0 aliphatic rings. The molecule has 18 heavy (non-hydrogen) atoms. The second-order valence-electron chi connectivity index (χ2n) is 4.90. The lowest BCUT2D eigenvalue weighted by Crippen LogP contribution is -2.38. The number of hydrazine groups is 1. The van der Waals surface area contributed by atoms with Gasteiger partial charge in [-0.05, 0) is 24.8 Å². The van der Waals surface area contributed by atoms with Crippen molar-refractivity contribution in [1.82, 2.24) is 9.97 Å². The lowest BCUT2D eigenvalue weighted by molar-refractivity contribution is 0.503. The third-order valence-corrected chi connectivity index (χ3v) is 3.01. The van der Waals surface area contributed by atoms with Crippen molar-refractivity contribution in [3.05, 3.63) is 12.3 Å². The van der Waals surface area contributed by atoms with Gasteiger partial charge in [0.15, 0.2) is 0 Å². The second-order valence-corrected chi connectivity index (χ2v) is 4.90. The maximum Gasteiger partial charge on any atom is 0.239 e. The smallest absolute Gasteiger partial charge is 0.239 e. The first-order valence-corrected chi connectivity index (χ1v) is 6.68. The van der Waals surface area contributed by atoms with E-state index in [1.54, 1.807) is 6.20 Å². The summed E-state index contributed by atoms with van der Waals surface area (Å²) < 4.78 is 0. The van der Waals surface area contributed by atoms with Crippen molar-refractivity contribution in [2.24, 2.45) is 11.8 Å². The van der Waals surface area contributed by atoms with Gasteiger partial charge in [-0.3, -0.25) is 5.43 Å². The molecule has 0 spiro atoms. The van der Waals surface area contributed by atoms with Gasteiger partial charge in [-0.2, -0.15) is 4.98 Å². The summed E-state index contributed by atoms with van der Waals surface area (Å²) in [6.07, 6.45) is 3.96. The van der Waals surface area contributed by atoms with Crippen LogP contribution < -0.4 is 16.2 Å². The van der Waals surface area contributed by atoms with E-state index in [4.69, 9.17) is 5.84 Å². The summed E-state index contributed by atoms with van der Waals surface area (Å²) in [4.78, 5) is 10.9. The molecule has 0 saturated carbocycles. The Hall–Kier alpha value is -1.36. The van der Waals surface area contributed by atoms with Crippen molar-refractivity contribution in [2.45, 2.75) is 46.6 Å². The van der Waals surface area contributed by atoms with Gasteiger partial charge in [0.05, 0.1) is 0 Å².